The predicted octanol–water partition coefficient (Wildman–Crippen LogP) is 7.05. The second kappa shape index (κ2) is 25.3. The fraction of sp³-hybridized carbons (Fsp3) is 0.909. The van der Waals surface area contributed by atoms with Gasteiger partial charge < -0.3 is 20.1 Å². The molecule has 0 unspecified atom stereocenters. The number of carbonyl (C=O) groups excluding carboxylic acids is 3. The van der Waals surface area contributed by atoms with E-state index in [1.54, 1.807) is 0 Å². The minimum Gasteiger partial charge on any atom is -0.379 e. The van der Waals surface area contributed by atoms with E-state index in [9.17, 15) is 14.4 Å². The Balaban J connectivity index is 1.91. The summed E-state index contributed by atoms with van der Waals surface area (Å²) in [5.74, 6) is 0.450. The molecule has 40 heavy (non-hydrogen) atoms. The van der Waals surface area contributed by atoms with E-state index in [1.165, 1.54) is 70.6 Å². The van der Waals surface area contributed by atoms with E-state index in [2.05, 4.69) is 17.6 Å². The Bertz CT molecular complexity index is 647. The van der Waals surface area contributed by atoms with Gasteiger partial charge in [0.05, 0.1) is 26.4 Å². The summed E-state index contributed by atoms with van der Waals surface area (Å²) in [6, 6.07) is 0.422. The molecule has 1 rings (SSSR count). The van der Waals surface area contributed by atoms with Crippen molar-refractivity contribution in [2.24, 2.45) is 5.92 Å². The van der Waals surface area contributed by atoms with Crippen LogP contribution < -0.4 is 10.6 Å². The molecule has 0 aromatic carbocycles. The van der Waals surface area contributed by atoms with E-state index in [0.717, 1.165) is 38.5 Å². The Kier molecular flexibility index (Phi) is 23.1. The summed E-state index contributed by atoms with van der Waals surface area (Å²) >= 11 is 0. The van der Waals surface area contributed by atoms with Crippen molar-refractivity contribution in [3.63, 3.8) is 0 Å². The summed E-state index contributed by atoms with van der Waals surface area (Å²) < 4.78 is 10.9. The molecule has 0 aliphatic heterocycles. The Morgan fingerprint density at radius 1 is 0.575 bits per heavy atom. The molecule has 2 N–H and O–H groups in total. The third kappa shape index (κ3) is 21.3. The maximum absolute atomic E-state index is 12.3. The van der Waals surface area contributed by atoms with Crippen LogP contribution in [0.3, 0.4) is 0 Å². The molecule has 0 aromatic rings. The molecular formula is C33H62N2O5. The van der Waals surface area contributed by atoms with Crippen LogP contribution in [0.25, 0.3) is 0 Å². The first-order valence-electron chi connectivity index (χ1n) is 16.7. The average molecular weight is 567 g/mol. The van der Waals surface area contributed by atoms with Crippen LogP contribution in [-0.4, -0.2) is 56.1 Å². The van der Waals surface area contributed by atoms with Crippen molar-refractivity contribution in [2.75, 3.05) is 26.4 Å². The van der Waals surface area contributed by atoms with Crippen LogP contribution in [0.4, 0.5) is 0 Å². The third-order valence-electron chi connectivity index (χ3n) is 7.95. The lowest BCUT2D eigenvalue weighted by atomic mass is 9.91. The van der Waals surface area contributed by atoms with E-state index in [1.807, 2.05) is 13.8 Å². The van der Waals surface area contributed by atoms with Crippen LogP contribution in [0.2, 0.25) is 0 Å². The van der Waals surface area contributed by atoms with E-state index in [4.69, 9.17) is 9.47 Å². The second-order valence-electron chi connectivity index (χ2n) is 12.0. The Morgan fingerprint density at radius 2 is 0.975 bits per heavy atom. The van der Waals surface area contributed by atoms with Crippen LogP contribution >= 0.6 is 0 Å². The van der Waals surface area contributed by atoms with Crippen LogP contribution in [-0.2, 0) is 23.9 Å². The van der Waals surface area contributed by atoms with Gasteiger partial charge in [0, 0.05) is 37.3 Å². The maximum atomic E-state index is 12.3. The fourth-order valence-corrected chi connectivity index (χ4v) is 5.23. The molecule has 0 bridgehead atoms. The van der Waals surface area contributed by atoms with Gasteiger partial charge in [-0.15, -0.1) is 0 Å². The number of Topliss-reactive ketones (excluding diaryl/α,β-unsaturated/α-hetero) is 1. The van der Waals surface area contributed by atoms with Crippen LogP contribution in [0, 0.1) is 5.92 Å². The topological polar surface area (TPSA) is 93.7 Å². The minimum atomic E-state index is 0.0124. The number of rotatable bonds is 26. The number of unbranched alkanes of at least 4 members (excludes halogenated alkanes) is 12. The monoisotopic (exact) mass is 566 g/mol. The zero-order valence-corrected chi connectivity index (χ0v) is 26.2. The number of nitrogens with one attached hydrogen (secondary N) is 2. The fourth-order valence-electron chi connectivity index (χ4n) is 5.23. The largest absolute Gasteiger partial charge is 0.379 e. The van der Waals surface area contributed by atoms with Gasteiger partial charge in [-0.2, -0.15) is 0 Å². The normalized spacial score (nSPS) is 17.2. The molecule has 2 amide bonds. The number of carbonyl (C=O) groups is 3. The lowest BCUT2D eigenvalue weighted by Crippen LogP contribution is -2.43. The van der Waals surface area contributed by atoms with Crippen molar-refractivity contribution in [1.82, 2.24) is 10.6 Å². The van der Waals surface area contributed by atoms with E-state index < -0.39 is 0 Å². The molecular weight excluding hydrogens is 504 g/mol. The number of ketones is 1. The molecule has 0 heterocycles. The maximum Gasteiger partial charge on any atom is 0.222 e. The van der Waals surface area contributed by atoms with Gasteiger partial charge in [-0.05, 0) is 32.1 Å². The third-order valence-corrected chi connectivity index (χ3v) is 7.95. The van der Waals surface area contributed by atoms with Gasteiger partial charge in [0.25, 0.3) is 0 Å². The lowest BCUT2D eigenvalue weighted by Gasteiger charge is -2.29. The first kappa shape index (κ1) is 36.6. The van der Waals surface area contributed by atoms with Gasteiger partial charge in [0.15, 0.2) is 0 Å². The summed E-state index contributed by atoms with van der Waals surface area (Å²) in [6.45, 7) is 7.69. The average Bonchev–Trinajstić information content (AvgIpc) is 2.93. The van der Waals surface area contributed by atoms with Gasteiger partial charge in [-0.25, -0.2) is 0 Å². The quantitative estimate of drug-likeness (QED) is 0.109. The molecule has 0 atom stereocenters. The number of ether oxygens (including phenoxy) is 2. The highest BCUT2D eigenvalue weighted by Crippen LogP contribution is 2.19. The molecule has 7 heteroatoms. The highest BCUT2D eigenvalue weighted by Gasteiger charge is 2.23. The molecule has 0 radical (unpaired) electrons. The van der Waals surface area contributed by atoms with Crippen LogP contribution in [0.5, 0.6) is 0 Å². The van der Waals surface area contributed by atoms with Gasteiger partial charge in [-0.3, -0.25) is 14.4 Å². The van der Waals surface area contributed by atoms with Crippen LogP contribution in [0.15, 0.2) is 0 Å². The molecule has 7 nitrogen and oxygen atoms in total. The summed E-state index contributed by atoms with van der Waals surface area (Å²) in [5.41, 5.74) is 0. The molecule has 0 aromatic heterocycles. The smallest absolute Gasteiger partial charge is 0.222 e. The molecule has 0 spiro atoms. The molecule has 1 fully saturated rings. The molecule has 0 saturated heterocycles. The standard InChI is InChI=1S/C33H62N2O5/c1-4-5-6-7-8-9-10-11-12-13-14-15-16-17-32(37)34-29-18-20-30(21-19-29)35-33(38)23-25-40-27-26-39-24-22-31(36)28(2)3/h28-30H,4-27H2,1-3H3,(H,34,37)(H,35,38)/t29-,30-. The number of hydrogen-bond acceptors (Lipinski definition) is 5. The van der Waals surface area contributed by atoms with Gasteiger partial charge in [0.2, 0.25) is 11.8 Å². The van der Waals surface area contributed by atoms with Crippen molar-refractivity contribution in [3.8, 4) is 0 Å². The SMILES string of the molecule is CCCCCCCCCCCCCCCC(=O)N[C@H]1CC[C@H](NC(=O)CCOCCOCCC(=O)C(C)C)CC1. The highest BCUT2D eigenvalue weighted by molar-refractivity contribution is 5.80. The van der Waals surface area contributed by atoms with Crippen molar-refractivity contribution in [1.29, 1.82) is 0 Å². The van der Waals surface area contributed by atoms with Gasteiger partial charge in [0.1, 0.15) is 5.78 Å². The summed E-state index contributed by atoms with van der Waals surface area (Å²) in [7, 11) is 0. The molecule has 1 saturated carbocycles. The van der Waals surface area contributed by atoms with E-state index in [0.29, 0.717) is 45.7 Å². The summed E-state index contributed by atoms with van der Waals surface area (Å²) in [4.78, 5) is 36.1. The Morgan fingerprint density at radius 3 is 1.43 bits per heavy atom. The van der Waals surface area contributed by atoms with Crippen LogP contribution in [0.1, 0.15) is 149 Å². The van der Waals surface area contributed by atoms with Crippen molar-refractivity contribution in [3.05, 3.63) is 0 Å². The highest BCUT2D eigenvalue weighted by atomic mass is 16.5. The lowest BCUT2D eigenvalue weighted by molar-refractivity contribution is -0.124. The Labute approximate surface area is 245 Å². The molecule has 1 aliphatic rings. The summed E-state index contributed by atoms with van der Waals surface area (Å²) in [5, 5.41) is 6.31. The zero-order chi connectivity index (χ0) is 29.3. The van der Waals surface area contributed by atoms with Crippen molar-refractivity contribution >= 4 is 17.6 Å². The number of hydrogen-bond donors (Lipinski definition) is 2. The van der Waals surface area contributed by atoms with Crippen molar-refractivity contribution < 1.29 is 23.9 Å². The molecule has 1 aliphatic carbocycles. The van der Waals surface area contributed by atoms with Gasteiger partial charge in [-0.1, -0.05) is 97.8 Å². The Hall–Kier alpha value is -1.47. The van der Waals surface area contributed by atoms with Gasteiger partial charge >= 0.3 is 0 Å². The first-order chi connectivity index (χ1) is 19.4. The van der Waals surface area contributed by atoms with E-state index in [-0.39, 0.29) is 35.6 Å². The predicted molar refractivity (Wildman–Crippen MR) is 163 cm³/mol. The number of amides is 2. The first-order valence-corrected chi connectivity index (χ1v) is 16.7. The van der Waals surface area contributed by atoms with Crippen molar-refractivity contribution in [2.45, 2.75) is 161 Å². The second-order valence-corrected chi connectivity index (χ2v) is 12.0. The molecule has 234 valence electrons. The zero-order valence-electron chi connectivity index (χ0n) is 26.2. The van der Waals surface area contributed by atoms with E-state index >= 15 is 0 Å². The summed E-state index contributed by atoms with van der Waals surface area (Å²) in [6.07, 6.45) is 22.2. The minimum absolute atomic E-state index is 0.0124.